The van der Waals surface area contributed by atoms with Crippen molar-refractivity contribution < 1.29 is 23.9 Å². The van der Waals surface area contributed by atoms with Crippen LogP contribution in [0, 0.1) is 11.8 Å². The molecule has 2 aromatic rings. The molecule has 0 spiro atoms. The van der Waals surface area contributed by atoms with Crippen LogP contribution in [0.15, 0.2) is 54.6 Å². The van der Waals surface area contributed by atoms with Gasteiger partial charge < -0.3 is 14.8 Å². The number of carbonyl (C=O) groups excluding carboxylic acids is 3. The van der Waals surface area contributed by atoms with E-state index in [-0.39, 0.29) is 36.1 Å². The van der Waals surface area contributed by atoms with Gasteiger partial charge in [-0.3, -0.25) is 19.8 Å². The highest BCUT2D eigenvalue weighted by Gasteiger charge is 2.42. The fraction of sp³-hybridized carbons (Fsp3) is 0.292. The van der Waals surface area contributed by atoms with Gasteiger partial charge >= 0.3 is 0 Å². The first-order chi connectivity index (χ1) is 15.6. The third-order valence-electron chi connectivity index (χ3n) is 5.98. The summed E-state index contributed by atoms with van der Waals surface area (Å²) in [7, 11) is 0. The first-order valence-corrected chi connectivity index (χ1v) is 10.7. The van der Waals surface area contributed by atoms with Crippen molar-refractivity contribution in [2.75, 3.05) is 18.2 Å². The molecule has 5 rings (SSSR count). The van der Waals surface area contributed by atoms with Gasteiger partial charge in [0.1, 0.15) is 13.2 Å². The smallest absolute Gasteiger partial charge is 0.251 e. The number of hydrogen-bond acceptors (Lipinski definition) is 5. The van der Waals surface area contributed by atoms with Crippen LogP contribution >= 0.6 is 0 Å². The largest absolute Gasteiger partial charge is 0.486 e. The van der Waals surface area contributed by atoms with Crippen LogP contribution < -0.4 is 25.2 Å². The Kier molecular flexibility index (Phi) is 5.26. The van der Waals surface area contributed by atoms with Crippen LogP contribution in [0.2, 0.25) is 0 Å². The Morgan fingerprint density at radius 1 is 1.03 bits per heavy atom. The van der Waals surface area contributed by atoms with Crippen LogP contribution in [0.4, 0.5) is 5.69 Å². The van der Waals surface area contributed by atoms with E-state index in [0.29, 0.717) is 48.8 Å². The quantitative estimate of drug-likeness (QED) is 0.722. The van der Waals surface area contributed by atoms with Crippen molar-refractivity contribution in [2.24, 2.45) is 11.8 Å². The second kappa shape index (κ2) is 8.37. The summed E-state index contributed by atoms with van der Waals surface area (Å²) >= 11 is 0. The highest BCUT2D eigenvalue weighted by Crippen LogP contribution is 2.34. The molecule has 3 amide bonds. The number of amides is 3. The van der Waals surface area contributed by atoms with Crippen molar-refractivity contribution in [2.45, 2.75) is 19.4 Å². The fourth-order valence-corrected chi connectivity index (χ4v) is 4.32. The normalized spacial score (nSPS) is 21.6. The van der Waals surface area contributed by atoms with E-state index in [9.17, 15) is 14.4 Å². The predicted molar refractivity (Wildman–Crippen MR) is 116 cm³/mol. The number of rotatable bonds is 4. The van der Waals surface area contributed by atoms with E-state index in [1.54, 1.807) is 24.3 Å². The number of allylic oxidation sites excluding steroid dienone is 2. The third-order valence-corrected chi connectivity index (χ3v) is 5.98. The lowest BCUT2D eigenvalue weighted by molar-refractivity contribution is -0.139. The SMILES string of the molecule is O=C(NCc1cccc2c1OCCO2)c1cccc(N2NC(=O)C3CC=CCC3C2=O)c1. The zero-order valence-electron chi connectivity index (χ0n) is 17.4. The molecule has 0 bridgehead atoms. The molecule has 2 N–H and O–H groups in total. The maximum Gasteiger partial charge on any atom is 0.251 e. The van der Waals surface area contributed by atoms with Crippen molar-refractivity contribution in [1.29, 1.82) is 0 Å². The van der Waals surface area contributed by atoms with E-state index in [0.717, 1.165) is 5.56 Å². The highest BCUT2D eigenvalue weighted by molar-refractivity contribution is 6.05. The number of fused-ring (bicyclic) bond motifs is 2. The zero-order chi connectivity index (χ0) is 22.1. The van der Waals surface area contributed by atoms with Crippen molar-refractivity contribution >= 4 is 23.4 Å². The van der Waals surface area contributed by atoms with Gasteiger partial charge in [0.25, 0.3) is 5.91 Å². The fourth-order valence-electron chi connectivity index (χ4n) is 4.32. The second-order valence-corrected chi connectivity index (χ2v) is 7.98. The Hall–Kier alpha value is -3.81. The number of anilines is 1. The lowest BCUT2D eigenvalue weighted by Crippen LogP contribution is -2.59. The predicted octanol–water partition coefficient (Wildman–Crippen LogP) is 2.35. The number of para-hydroxylation sites is 1. The molecule has 164 valence electrons. The number of carbonyl (C=O) groups is 3. The molecule has 0 saturated carbocycles. The highest BCUT2D eigenvalue weighted by atomic mass is 16.6. The molecule has 2 aromatic carbocycles. The van der Waals surface area contributed by atoms with Crippen LogP contribution in [-0.2, 0) is 16.1 Å². The molecule has 8 nitrogen and oxygen atoms in total. The average molecular weight is 433 g/mol. The molecule has 2 unspecified atom stereocenters. The van der Waals surface area contributed by atoms with Gasteiger partial charge in [0.15, 0.2) is 11.5 Å². The van der Waals surface area contributed by atoms with Crippen molar-refractivity contribution in [3.8, 4) is 11.5 Å². The maximum atomic E-state index is 13.0. The Labute approximate surface area is 185 Å². The molecular formula is C24H23N3O5. The zero-order valence-corrected chi connectivity index (χ0v) is 17.4. The molecule has 0 aromatic heterocycles. The molecule has 1 aliphatic carbocycles. The van der Waals surface area contributed by atoms with Crippen molar-refractivity contribution in [3.63, 3.8) is 0 Å². The molecule has 2 aliphatic heterocycles. The maximum absolute atomic E-state index is 13.0. The van der Waals surface area contributed by atoms with Gasteiger partial charge in [-0.05, 0) is 37.1 Å². The van der Waals surface area contributed by atoms with E-state index in [2.05, 4.69) is 10.7 Å². The second-order valence-electron chi connectivity index (χ2n) is 7.98. The van der Waals surface area contributed by atoms with Crippen LogP contribution in [0.1, 0.15) is 28.8 Å². The summed E-state index contributed by atoms with van der Waals surface area (Å²) in [4.78, 5) is 38.3. The van der Waals surface area contributed by atoms with Gasteiger partial charge in [0.05, 0.1) is 17.5 Å². The standard InChI is InChI=1S/C24H23N3O5/c28-22(25-14-16-6-4-10-20-21(16)32-12-11-31-20)15-5-3-7-17(13-15)27-24(30)19-9-2-1-8-18(19)23(29)26-27/h1-7,10,13,18-19H,8-9,11-12,14H2,(H,25,28)(H,26,29). The first-order valence-electron chi connectivity index (χ1n) is 10.7. The molecule has 3 aliphatic rings. The van der Waals surface area contributed by atoms with E-state index in [4.69, 9.17) is 9.47 Å². The topological polar surface area (TPSA) is 97.0 Å². The minimum absolute atomic E-state index is 0.162. The molecular weight excluding hydrogens is 410 g/mol. The number of ether oxygens (including phenoxy) is 2. The van der Waals surface area contributed by atoms with Gasteiger partial charge in [-0.1, -0.05) is 30.4 Å². The van der Waals surface area contributed by atoms with Gasteiger partial charge in [0, 0.05) is 17.7 Å². The summed E-state index contributed by atoms with van der Waals surface area (Å²) in [6, 6.07) is 12.2. The van der Waals surface area contributed by atoms with Gasteiger partial charge in [-0.15, -0.1) is 0 Å². The third kappa shape index (κ3) is 3.68. The lowest BCUT2D eigenvalue weighted by Gasteiger charge is -2.38. The number of benzene rings is 2. The monoisotopic (exact) mass is 433 g/mol. The summed E-state index contributed by atoms with van der Waals surface area (Å²) < 4.78 is 11.3. The number of hydrogen-bond donors (Lipinski definition) is 2. The lowest BCUT2D eigenvalue weighted by atomic mass is 9.80. The summed E-state index contributed by atoms with van der Waals surface area (Å²) in [5, 5.41) is 4.15. The number of hydrazine groups is 1. The summed E-state index contributed by atoms with van der Waals surface area (Å²) in [5.74, 6) is -0.0356. The number of nitrogens with one attached hydrogen (secondary N) is 2. The minimum atomic E-state index is -0.377. The van der Waals surface area contributed by atoms with Crippen LogP contribution in [-0.4, -0.2) is 30.9 Å². The van der Waals surface area contributed by atoms with E-state index < -0.39 is 0 Å². The molecule has 1 fully saturated rings. The Morgan fingerprint density at radius 2 is 1.81 bits per heavy atom. The van der Waals surface area contributed by atoms with E-state index in [1.807, 2.05) is 30.4 Å². The Bertz CT molecular complexity index is 1110. The van der Waals surface area contributed by atoms with Gasteiger partial charge in [-0.25, -0.2) is 5.01 Å². The van der Waals surface area contributed by atoms with E-state index in [1.165, 1.54) is 5.01 Å². The molecule has 2 atom stereocenters. The van der Waals surface area contributed by atoms with Gasteiger partial charge in [0.2, 0.25) is 11.8 Å². The van der Waals surface area contributed by atoms with Crippen LogP contribution in [0.5, 0.6) is 11.5 Å². The minimum Gasteiger partial charge on any atom is -0.486 e. The van der Waals surface area contributed by atoms with E-state index >= 15 is 0 Å². The molecule has 32 heavy (non-hydrogen) atoms. The number of nitrogens with zero attached hydrogens (tertiary/aromatic N) is 1. The summed E-state index contributed by atoms with van der Waals surface area (Å²) in [6.45, 7) is 1.23. The molecule has 2 heterocycles. The van der Waals surface area contributed by atoms with Crippen LogP contribution in [0.25, 0.3) is 0 Å². The average Bonchev–Trinajstić information content (AvgIpc) is 2.85. The summed E-state index contributed by atoms with van der Waals surface area (Å²) in [5.41, 5.74) is 4.35. The van der Waals surface area contributed by atoms with Gasteiger partial charge in [-0.2, -0.15) is 0 Å². The molecule has 8 heteroatoms. The first kappa shape index (κ1) is 20.1. The van der Waals surface area contributed by atoms with Crippen molar-refractivity contribution in [3.05, 3.63) is 65.7 Å². The molecule has 1 saturated heterocycles. The molecule has 0 radical (unpaired) electrons. The summed E-state index contributed by atoms with van der Waals surface area (Å²) in [6.07, 6.45) is 4.99. The Morgan fingerprint density at radius 3 is 2.69 bits per heavy atom. The van der Waals surface area contributed by atoms with Crippen molar-refractivity contribution in [1.82, 2.24) is 10.7 Å². The Balaban J connectivity index is 1.31. The van der Waals surface area contributed by atoms with Crippen LogP contribution in [0.3, 0.4) is 0 Å².